The lowest BCUT2D eigenvalue weighted by atomic mass is 10.2. The second-order valence-electron chi connectivity index (χ2n) is 6.76. The molecule has 1 fully saturated rings. The van der Waals surface area contributed by atoms with E-state index in [4.69, 9.17) is 4.74 Å². The van der Waals surface area contributed by atoms with E-state index < -0.39 is 10.0 Å². The van der Waals surface area contributed by atoms with Crippen molar-refractivity contribution >= 4 is 26.5 Å². The topological polar surface area (TPSA) is 71.5 Å². The highest BCUT2D eigenvalue weighted by Crippen LogP contribution is 2.25. The van der Waals surface area contributed by atoms with E-state index in [0.29, 0.717) is 12.3 Å². The Labute approximate surface area is 168 Å². The molecule has 0 aliphatic carbocycles. The molecule has 0 bridgehead atoms. The Hall–Kier alpha value is -2.42. The lowest BCUT2D eigenvalue weighted by molar-refractivity contribution is 0.481. The van der Waals surface area contributed by atoms with Gasteiger partial charge in [-0.2, -0.15) is 0 Å². The van der Waals surface area contributed by atoms with Crippen LogP contribution in [0, 0.1) is 6.92 Å². The molecule has 4 rings (SSSR count). The molecule has 1 N–H and O–H groups in total. The van der Waals surface area contributed by atoms with Gasteiger partial charge in [-0.1, -0.05) is 12.1 Å². The van der Waals surface area contributed by atoms with Gasteiger partial charge >= 0.3 is 0 Å². The summed E-state index contributed by atoms with van der Waals surface area (Å²) in [4.78, 5) is 6.63. The molecule has 2 aromatic carbocycles. The van der Waals surface area contributed by atoms with Crippen LogP contribution < -0.4 is 14.4 Å². The van der Waals surface area contributed by atoms with Crippen LogP contribution in [0.1, 0.15) is 12.0 Å². The van der Waals surface area contributed by atoms with Crippen LogP contribution >= 0.6 is 11.3 Å². The van der Waals surface area contributed by atoms with Gasteiger partial charge < -0.3 is 9.64 Å². The van der Waals surface area contributed by atoms with Crippen molar-refractivity contribution in [3.63, 3.8) is 0 Å². The van der Waals surface area contributed by atoms with E-state index in [9.17, 15) is 8.42 Å². The van der Waals surface area contributed by atoms with Crippen LogP contribution in [0.15, 0.2) is 65.0 Å². The molecule has 3 aromatic rings. The zero-order chi connectivity index (χ0) is 19.6. The van der Waals surface area contributed by atoms with Crippen LogP contribution in [0.4, 0.5) is 5.13 Å². The van der Waals surface area contributed by atoms with E-state index in [1.165, 1.54) is 0 Å². The maximum absolute atomic E-state index is 12.7. The van der Waals surface area contributed by atoms with E-state index in [-0.39, 0.29) is 10.9 Å². The number of benzene rings is 2. The van der Waals surface area contributed by atoms with E-state index in [0.717, 1.165) is 29.4 Å². The zero-order valence-electron chi connectivity index (χ0n) is 15.4. The summed E-state index contributed by atoms with van der Waals surface area (Å²) < 4.78 is 34.0. The standard InChI is InChI=1S/C20H21N3O3S2/c1-15-3-2-4-18(13-15)26-17-5-7-19(8-6-17)28(24,25)22-16-9-11-23(14-16)20-21-10-12-27-20/h2-8,10,12-13,16,22H,9,11,14H2,1H3. The van der Waals surface area contributed by atoms with Crippen LogP contribution in [-0.4, -0.2) is 32.5 Å². The minimum absolute atomic E-state index is 0.128. The Morgan fingerprint density at radius 1 is 1.18 bits per heavy atom. The molecule has 1 atom stereocenters. The van der Waals surface area contributed by atoms with Crippen LogP contribution in [0.2, 0.25) is 0 Å². The summed E-state index contributed by atoms with van der Waals surface area (Å²) in [6, 6.07) is 14.1. The summed E-state index contributed by atoms with van der Waals surface area (Å²) in [6.45, 7) is 3.41. The smallest absolute Gasteiger partial charge is 0.240 e. The van der Waals surface area contributed by atoms with Crippen LogP contribution in [0.25, 0.3) is 0 Å². The second kappa shape index (κ2) is 7.90. The third-order valence-corrected chi connectivity index (χ3v) is 6.93. The maximum Gasteiger partial charge on any atom is 0.240 e. The monoisotopic (exact) mass is 415 g/mol. The highest BCUT2D eigenvalue weighted by Gasteiger charge is 2.28. The van der Waals surface area contributed by atoms with Crippen molar-refractivity contribution in [2.75, 3.05) is 18.0 Å². The van der Waals surface area contributed by atoms with Crippen molar-refractivity contribution in [3.05, 3.63) is 65.7 Å². The molecular weight excluding hydrogens is 394 g/mol. The number of nitrogens with zero attached hydrogens (tertiary/aromatic N) is 2. The predicted molar refractivity (Wildman–Crippen MR) is 111 cm³/mol. The summed E-state index contributed by atoms with van der Waals surface area (Å²) >= 11 is 1.56. The van der Waals surface area contributed by atoms with Gasteiger partial charge in [-0.3, -0.25) is 0 Å². The van der Waals surface area contributed by atoms with Crippen molar-refractivity contribution in [1.29, 1.82) is 0 Å². The van der Waals surface area contributed by atoms with Gasteiger partial charge in [-0.25, -0.2) is 18.1 Å². The third kappa shape index (κ3) is 4.35. The number of nitrogens with one attached hydrogen (secondary N) is 1. The molecule has 0 amide bonds. The van der Waals surface area contributed by atoms with Gasteiger partial charge in [0.05, 0.1) is 4.90 Å². The quantitative estimate of drug-likeness (QED) is 0.663. The largest absolute Gasteiger partial charge is 0.457 e. The molecule has 1 saturated heterocycles. The Bertz CT molecular complexity index is 1030. The summed E-state index contributed by atoms with van der Waals surface area (Å²) in [5.74, 6) is 1.32. The van der Waals surface area contributed by atoms with E-state index in [2.05, 4.69) is 14.6 Å². The van der Waals surface area contributed by atoms with Gasteiger partial charge in [0.2, 0.25) is 10.0 Å². The highest BCUT2D eigenvalue weighted by atomic mass is 32.2. The fourth-order valence-electron chi connectivity index (χ4n) is 3.19. The molecular formula is C20H21N3O3S2. The van der Waals surface area contributed by atoms with Crippen molar-refractivity contribution in [2.45, 2.75) is 24.3 Å². The fraction of sp³-hybridized carbons (Fsp3) is 0.250. The van der Waals surface area contributed by atoms with Gasteiger partial charge in [-0.05, 0) is 55.3 Å². The molecule has 0 spiro atoms. The van der Waals surface area contributed by atoms with Crippen LogP contribution in [0.5, 0.6) is 11.5 Å². The zero-order valence-corrected chi connectivity index (χ0v) is 17.0. The molecule has 2 heterocycles. The van der Waals surface area contributed by atoms with E-state index in [1.807, 2.05) is 36.6 Å². The van der Waals surface area contributed by atoms with E-state index >= 15 is 0 Å². The van der Waals surface area contributed by atoms with Gasteiger partial charge in [0.25, 0.3) is 0 Å². The Morgan fingerprint density at radius 3 is 2.71 bits per heavy atom. The lowest BCUT2D eigenvalue weighted by Crippen LogP contribution is -2.37. The normalized spacial score (nSPS) is 17.0. The average molecular weight is 416 g/mol. The van der Waals surface area contributed by atoms with Crippen molar-refractivity contribution < 1.29 is 13.2 Å². The minimum Gasteiger partial charge on any atom is -0.457 e. The van der Waals surface area contributed by atoms with Crippen LogP contribution in [0.3, 0.4) is 0 Å². The predicted octanol–water partition coefficient (Wildman–Crippen LogP) is 3.80. The van der Waals surface area contributed by atoms with Gasteiger partial charge in [0, 0.05) is 30.7 Å². The molecule has 8 heteroatoms. The molecule has 146 valence electrons. The van der Waals surface area contributed by atoms with Crippen molar-refractivity contribution in [1.82, 2.24) is 9.71 Å². The summed E-state index contributed by atoms with van der Waals surface area (Å²) in [6.07, 6.45) is 2.52. The first-order chi connectivity index (χ1) is 13.5. The number of anilines is 1. The van der Waals surface area contributed by atoms with Gasteiger partial charge in [0.15, 0.2) is 5.13 Å². The van der Waals surface area contributed by atoms with Gasteiger partial charge in [-0.15, -0.1) is 11.3 Å². The lowest BCUT2D eigenvalue weighted by Gasteiger charge is -2.16. The summed E-state index contributed by atoms with van der Waals surface area (Å²) in [7, 11) is -3.58. The first-order valence-corrected chi connectivity index (χ1v) is 11.4. The third-order valence-electron chi connectivity index (χ3n) is 4.56. The fourth-order valence-corrected chi connectivity index (χ4v) is 5.13. The molecule has 1 aliphatic rings. The number of thiazole rings is 1. The number of rotatable bonds is 6. The SMILES string of the molecule is Cc1cccc(Oc2ccc(S(=O)(=O)NC3CCN(c4nccs4)C3)cc2)c1. The molecule has 28 heavy (non-hydrogen) atoms. The molecule has 1 unspecified atom stereocenters. The number of hydrogen-bond acceptors (Lipinski definition) is 6. The molecule has 1 aromatic heterocycles. The molecule has 6 nitrogen and oxygen atoms in total. The first-order valence-electron chi connectivity index (χ1n) is 9.01. The number of hydrogen-bond donors (Lipinski definition) is 1. The van der Waals surface area contributed by atoms with Crippen molar-refractivity contribution in [2.24, 2.45) is 0 Å². The number of ether oxygens (including phenoxy) is 1. The Kier molecular flexibility index (Phi) is 5.34. The van der Waals surface area contributed by atoms with E-state index in [1.54, 1.807) is 41.8 Å². The number of aromatic nitrogens is 1. The summed E-state index contributed by atoms with van der Waals surface area (Å²) in [5, 5.41) is 2.85. The summed E-state index contributed by atoms with van der Waals surface area (Å²) in [5.41, 5.74) is 1.10. The Balaban J connectivity index is 1.40. The number of sulfonamides is 1. The molecule has 0 saturated carbocycles. The average Bonchev–Trinajstić information content (AvgIpc) is 3.33. The molecule has 0 radical (unpaired) electrons. The van der Waals surface area contributed by atoms with Crippen molar-refractivity contribution in [3.8, 4) is 11.5 Å². The maximum atomic E-state index is 12.7. The van der Waals surface area contributed by atoms with Crippen LogP contribution in [-0.2, 0) is 10.0 Å². The highest BCUT2D eigenvalue weighted by molar-refractivity contribution is 7.89. The number of aryl methyl sites for hydroxylation is 1. The van der Waals surface area contributed by atoms with Gasteiger partial charge in [0.1, 0.15) is 11.5 Å². The molecule has 1 aliphatic heterocycles. The Morgan fingerprint density at radius 2 is 2.00 bits per heavy atom. The first kappa shape index (κ1) is 18.9. The second-order valence-corrected chi connectivity index (χ2v) is 9.34. The minimum atomic E-state index is -3.58.